The molecule has 0 spiro atoms. The van der Waals surface area contributed by atoms with E-state index in [0.717, 1.165) is 36.9 Å². The minimum Gasteiger partial charge on any atom is -0.492 e. The number of hydrogen-bond acceptors (Lipinski definition) is 3. The van der Waals surface area contributed by atoms with Crippen molar-refractivity contribution in [2.24, 2.45) is 0 Å². The highest BCUT2D eigenvalue weighted by Crippen LogP contribution is 2.36. The molecule has 1 fully saturated rings. The lowest BCUT2D eigenvalue weighted by Gasteiger charge is -2.09. The molecular formula is C17H18N2O. The van der Waals surface area contributed by atoms with Crippen LogP contribution in [0.25, 0.3) is 11.1 Å². The van der Waals surface area contributed by atoms with Crippen LogP contribution in [0, 0.1) is 0 Å². The Bertz CT molecular complexity index is 635. The summed E-state index contributed by atoms with van der Waals surface area (Å²) in [6.07, 6.45) is 7.51. The molecule has 4 rings (SSSR count). The highest BCUT2D eigenvalue weighted by Gasteiger charge is 2.20. The van der Waals surface area contributed by atoms with E-state index in [4.69, 9.17) is 4.74 Å². The Hall–Kier alpha value is -1.87. The molecule has 3 nitrogen and oxygen atoms in total. The van der Waals surface area contributed by atoms with Crippen LogP contribution in [-0.2, 0) is 13.0 Å². The molecule has 2 heterocycles. The van der Waals surface area contributed by atoms with Crippen LogP contribution >= 0.6 is 0 Å². The summed E-state index contributed by atoms with van der Waals surface area (Å²) in [6, 6.07) is 9.33. The third-order valence-electron chi connectivity index (χ3n) is 3.99. The predicted molar refractivity (Wildman–Crippen MR) is 78.7 cm³/mol. The van der Waals surface area contributed by atoms with E-state index in [1.54, 1.807) is 0 Å². The smallest absolute Gasteiger partial charge is 0.130 e. The van der Waals surface area contributed by atoms with Crippen LogP contribution in [0.1, 0.15) is 24.0 Å². The zero-order valence-corrected chi connectivity index (χ0v) is 11.4. The average Bonchev–Trinajstić information content (AvgIpc) is 3.20. The first-order valence-corrected chi connectivity index (χ1v) is 7.32. The molecule has 1 aliphatic heterocycles. The van der Waals surface area contributed by atoms with Gasteiger partial charge < -0.3 is 10.1 Å². The van der Waals surface area contributed by atoms with Crippen LogP contribution in [-0.4, -0.2) is 17.6 Å². The fraction of sp³-hybridized carbons (Fsp3) is 0.353. The van der Waals surface area contributed by atoms with Crippen molar-refractivity contribution in [3.8, 4) is 16.9 Å². The Morgan fingerprint density at radius 3 is 3.10 bits per heavy atom. The molecule has 1 aromatic carbocycles. The van der Waals surface area contributed by atoms with Gasteiger partial charge in [-0.25, -0.2) is 0 Å². The summed E-state index contributed by atoms with van der Waals surface area (Å²) in [5.41, 5.74) is 4.87. The minimum atomic E-state index is 0.725. The number of fused-ring (bicyclic) bond motifs is 1. The summed E-state index contributed by atoms with van der Waals surface area (Å²) >= 11 is 0. The maximum atomic E-state index is 5.79. The Labute approximate surface area is 119 Å². The first-order valence-electron chi connectivity index (χ1n) is 7.32. The number of hydrogen-bond donors (Lipinski definition) is 1. The van der Waals surface area contributed by atoms with Crippen molar-refractivity contribution in [1.29, 1.82) is 0 Å². The largest absolute Gasteiger partial charge is 0.492 e. The molecule has 1 aromatic heterocycles. The Balaban J connectivity index is 1.64. The van der Waals surface area contributed by atoms with Gasteiger partial charge in [0.2, 0.25) is 0 Å². The van der Waals surface area contributed by atoms with Crippen LogP contribution in [0.4, 0.5) is 0 Å². The zero-order valence-electron chi connectivity index (χ0n) is 11.4. The normalized spacial score (nSPS) is 16.8. The monoisotopic (exact) mass is 266 g/mol. The number of nitrogens with zero attached hydrogens (tertiary/aromatic N) is 1. The second kappa shape index (κ2) is 4.91. The molecule has 0 amide bonds. The molecule has 20 heavy (non-hydrogen) atoms. The minimum absolute atomic E-state index is 0.725. The van der Waals surface area contributed by atoms with E-state index in [1.807, 2.05) is 12.4 Å². The standard InChI is InChI=1S/C17H18N2O/c1-2-13-6-7-20-17(13)16(3-1)14-8-12(9-18-11-14)10-19-15-4-5-15/h1-3,8-9,11,15,19H,4-7,10H2. The summed E-state index contributed by atoms with van der Waals surface area (Å²) in [6.45, 7) is 1.70. The first kappa shape index (κ1) is 11.9. The number of ether oxygens (including phenoxy) is 1. The number of nitrogens with one attached hydrogen (secondary N) is 1. The quantitative estimate of drug-likeness (QED) is 0.924. The van der Waals surface area contributed by atoms with Gasteiger partial charge in [-0.3, -0.25) is 4.98 Å². The summed E-state index contributed by atoms with van der Waals surface area (Å²) in [4.78, 5) is 4.39. The molecule has 0 atom stereocenters. The van der Waals surface area contributed by atoms with E-state index in [1.165, 1.54) is 29.5 Å². The summed E-state index contributed by atoms with van der Waals surface area (Å²) in [5, 5.41) is 3.53. The van der Waals surface area contributed by atoms with Gasteiger partial charge >= 0.3 is 0 Å². The molecular weight excluding hydrogens is 248 g/mol. The van der Waals surface area contributed by atoms with Crippen molar-refractivity contribution < 1.29 is 4.74 Å². The van der Waals surface area contributed by atoms with Crippen molar-refractivity contribution in [2.75, 3.05) is 6.61 Å². The summed E-state index contributed by atoms with van der Waals surface area (Å²) in [5.74, 6) is 1.04. The van der Waals surface area contributed by atoms with Gasteiger partial charge in [0, 0.05) is 42.5 Å². The number of rotatable bonds is 4. The second-order valence-corrected chi connectivity index (χ2v) is 5.63. The van der Waals surface area contributed by atoms with E-state index < -0.39 is 0 Å². The molecule has 3 heteroatoms. The molecule has 1 aliphatic carbocycles. The van der Waals surface area contributed by atoms with E-state index in [9.17, 15) is 0 Å². The van der Waals surface area contributed by atoms with Gasteiger partial charge in [-0.05, 0) is 30.0 Å². The Morgan fingerprint density at radius 2 is 2.20 bits per heavy atom. The van der Waals surface area contributed by atoms with Crippen LogP contribution < -0.4 is 10.1 Å². The van der Waals surface area contributed by atoms with E-state index >= 15 is 0 Å². The van der Waals surface area contributed by atoms with Crippen molar-refractivity contribution in [3.05, 3.63) is 47.8 Å². The van der Waals surface area contributed by atoms with Crippen LogP contribution in [0.15, 0.2) is 36.7 Å². The second-order valence-electron chi connectivity index (χ2n) is 5.63. The van der Waals surface area contributed by atoms with Gasteiger partial charge in [-0.15, -0.1) is 0 Å². The van der Waals surface area contributed by atoms with Gasteiger partial charge in [0.05, 0.1) is 6.61 Å². The SMILES string of the molecule is c1cc2c(c(-c3cncc(CNC4CC4)c3)c1)OCC2. The molecule has 102 valence electrons. The van der Waals surface area contributed by atoms with Crippen LogP contribution in [0.3, 0.4) is 0 Å². The molecule has 1 saturated carbocycles. The van der Waals surface area contributed by atoms with E-state index in [-0.39, 0.29) is 0 Å². The molecule has 0 unspecified atom stereocenters. The van der Waals surface area contributed by atoms with Gasteiger partial charge in [0.1, 0.15) is 5.75 Å². The Morgan fingerprint density at radius 1 is 1.25 bits per heavy atom. The van der Waals surface area contributed by atoms with Gasteiger partial charge in [0.15, 0.2) is 0 Å². The van der Waals surface area contributed by atoms with Crippen LogP contribution in [0.2, 0.25) is 0 Å². The maximum Gasteiger partial charge on any atom is 0.130 e. The third kappa shape index (κ3) is 2.29. The average molecular weight is 266 g/mol. The van der Waals surface area contributed by atoms with Gasteiger partial charge in [-0.1, -0.05) is 18.2 Å². The van der Waals surface area contributed by atoms with E-state index in [0.29, 0.717) is 0 Å². The molecule has 2 aromatic rings. The van der Waals surface area contributed by atoms with Crippen molar-refractivity contribution in [3.63, 3.8) is 0 Å². The number of pyridine rings is 1. The molecule has 2 aliphatic rings. The molecule has 1 N–H and O–H groups in total. The van der Waals surface area contributed by atoms with Gasteiger partial charge in [0.25, 0.3) is 0 Å². The van der Waals surface area contributed by atoms with Crippen molar-refractivity contribution in [1.82, 2.24) is 10.3 Å². The lowest BCUT2D eigenvalue weighted by atomic mass is 10.0. The summed E-state index contributed by atoms with van der Waals surface area (Å²) in [7, 11) is 0. The maximum absolute atomic E-state index is 5.79. The molecule has 0 radical (unpaired) electrons. The van der Waals surface area contributed by atoms with Gasteiger partial charge in [-0.2, -0.15) is 0 Å². The Kier molecular flexibility index (Phi) is 2.92. The fourth-order valence-corrected chi connectivity index (χ4v) is 2.72. The highest BCUT2D eigenvalue weighted by molar-refractivity contribution is 5.72. The van der Waals surface area contributed by atoms with E-state index in [2.05, 4.69) is 34.6 Å². The van der Waals surface area contributed by atoms with Crippen molar-refractivity contribution in [2.45, 2.75) is 31.8 Å². The topological polar surface area (TPSA) is 34.2 Å². The fourth-order valence-electron chi connectivity index (χ4n) is 2.72. The number of benzene rings is 1. The lowest BCUT2D eigenvalue weighted by molar-refractivity contribution is 0.358. The highest BCUT2D eigenvalue weighted by atomic mass is 16.5. The lowest BCUT2D eigenvalue weighted by Crippen LogP contribution is -2.15. The number of para-hydroxylation sites is 1. The third-order valence-corrected chi connectivity index (χ3v) is 3.99. The summed E-state index contributed by atoms with van der Waals surface area (Å²) < 4.78 is 5.79. The molecule has 0 bridgehead atoms. The molecule has 0 saturated heterocycles. The van der Waals surface area contributed by atoms with Crippen molar-refractivity contribution >= 4 is 0 Å². The number of aromatic nitrogens is 1. The predicted octanol–water partition coefficient (Wildman–Crippen LogP) is 2.94. The zero-order chi connectivity index (χ0) is 13.4. The first-order chi connectivity index (χ1) is 9.90. The van der Waals surface area contributed by atoms with Crippen LogP contribution in [0.5, 0.6) is 5.75 Å².